The Kier molecular flexibility index (Phi) is 3.73. The van der Waals surface area contributed by atoms with Crippen LogP contribution in [0.2, 0.25) is 0 Å². The first-order valence-corrected chi connectivity index (χ1v) is 4.15. The second-order valence-electron chi connectivity index (χ2n) is 1.22. The van der Waals surface area contributed by atoms with Gasteiger partial charge in [0.2, 0.25) is 3.24 Å². The molecule has 0 radical (unpaired) electrons. The Morgan fingerprint density at radius 1 is 1.44 bits per heavy atom. The summed E-state index contributed by atoms with van der Waals surface area (Å²) in [4.78, 5) is 0. The molecule has 0 heterocycles. The van der Waals surface area contributed by atoms with Crippen molar-refractivity contribution in [2.75, 3.05) is 7.11 Å². The Morgan fingerprint density at radius 3 is 1.78 bits per heavy atom. The molecule has 0 saturated heterocycles. The molecule has 1 atom stereocenters. The van der Waals surface area contributed by atoms with Crippen molar-refractivity contribution in [3.63, 3.8) is 0 Å². The van der Waals surface area contributed by atoms with E-state index in [0.717, 1.165) is 7.11 Å². The Balaban J connectivity index is 4.14. The van der Waals surface area contributed by atoms with Crippen LogP contribution >= 0.6 is 55.1 Å². The fourth-order valence-corrected chi connectivity index (χ4v) is 0.432. The number of halogens is 5. The van der Waals surface area contributed by atoms with E-state index in [2.05, 4.69) is 36.6 Å². The molecule has 0 aliphatic heterocycles. The average molecular weight is 305 g/mol. The van der Waals surface area contributed by atoms with Crippen LogP contribution in [0.1, 0.15) is 0 Å². The summed E-state index contributed by atoms with van der Waals surface area (Å²) in [5, 5.41) is 0. The van der Waals surface area contributed by atoms with E-state index in [0.29, 0.717) is 0 Å². The molecule has 9 heavy (non-hydrogen) atoms. The minimum absolute atomic E-state index is 1.13. The molecule has 0 aliphatic carbocycles. The van der Waals surface area contributed by atoms with Crippen LogP contribution in [-0.4, -0.2) is 15.1 Å². The number of ether oxygens (including phenoxy) is 1. The van der Waals surface area contributed by atoms with Crippen LogP contribution in [0.5, 0.6) is 0 Å². The molecule has 0 amide bonds. The van der Waals surface area contributed by atoms with Crippen molar-refractivity contribution >= 4 is 55.1 Å². The first-order chi connectivity index (χ1) is 3.81. The van der Waals surface area contributed by atoms with E-state index in [1.807, 2.05) is 0 Å². The van der Waals surface area contributed by atoms with Gasteiger partial charge < -0.3 is 4.74 Å². The monoisotopic (exact) mass is 302 g/mol. The lowest BCUT2D eigenvalue weighted by Gasteiger charge is -2.23. The Morgan fingerprint density at radius 2 is 1.78 bits per heavy atom. The maximum absolute atomic E-state index is 12.7. The zero-order valence-corrected chi connectivity index (χ0v) is 8.98. The average Bonchev–Trinajstić information content (AvgIpc) is 1.64. The van der Waals surface area contributed by atoms with Gasteiger partial charge in [-0.15, -0.1) is 0 Å². The molecule has 0 fully saturated rings. The predicted octanol–water partition coefficient (Wildman–Crippen LogP) is 3.18. The zero-order valence-electron chi connectivity index (χ0n) is 4.30. The van der Waals surface area contributed by atoms with Crippen molar-refractivity contribution in [1.29, 1.82) is 0 Å². The molecule has 1 nitrogen and oxygen atoms in total. The fourth-order valence-electron chi connectivity index (χ4n) is 0.116. The van der Waals surface area contributed by atoms with Crippen LogP contribution in [0.4, 0.5) is 4.39 Å². The third-order valence-corrected chi connectivity index (χ3v) is 3.49. The third-order valence-electron chi connectivity index (χ3n) is 0.586. The van der Waals surface area contributed by atoms with Crippen molar-refractivity contribution in [2.24, 2.45) is 0 Å². The maximum atomic E-state index is 12.7. The fraction of sp³-hybridized carbons (Fsp3) is 1.00. The summed E-state index contributed by atoms with van der Waals surface area (Å²) in [5.41, 5.74) is 0. The van der Waals surface area contributed by atoms with Crippen molar-refractivity contribution in [3.8, 4) is 0 Å². The Hall–Kier alpha value is 1.43. The van der Waals surface area contributed by atoms with Gasteiger partial charge >= 0.3 is 4.76 Å². The molecule has 6 heteroatoms. The number of hydrogen-bond acceptors (Lipinski definition) is 1. The van der Waals surface area contributed by atoms with Crippen LogP contribution in [0.15, 0.2) is 0 Å². The SMILES string of the molecule is COC(F)(Br)C(Cl)(Cl)Br. The van der Waals surface area contributed by atoms with E-state index < -0.39 is 8.01 Å². The summed E-state index contributed by atoms with van der Waals surface area (Å²) >= 11 is 15.7. The normalized spacial score (nSPS) is 19.3. The van der Waals surface area contributed by atoms with Crippen molar-refractivity contribution in [3.05, 3.63) is 0 Å². The molecule has 0 aromatic rings. The molecule has 0 bridgehead atoms. The highest BCUT2D eigenvalue weighted by atomic mass is 79.9. The minimum atomic E-state index is -2.26. The quantitative estimate of drug-likeness (QED) is 0.712. The number of alkyl halides is 5. The van der Waals surface area contributed by atoms with Gasteiger partial charge in [-0.25, -0.2) is 0 Å². The molecule has 0 aromatic heterocycles. The smallest absolute Gasteiger partial charge is 0.308 e. The van der Waals surface area contributed by atoms with E-state index >= 15 is 0 Å². The third kappa shape index (κ3) is 2.89. The topological polar surface area (TPSA) is 9.23 Å². The van der Waals surface area contributed by atoms with Crippen LogP contribution in [0.25, 0.3) is 0 Å². The molecule has 0 aliphatic rings. The molecule has 0 saturated carbocycles. The van der Waals surface area contributed by atoms with Crippen LogP contribution in [0, 0.1) is 0 Å². The lowest BCUT2D eigenvalue weighted by Crippen LogP contribution is -2.32. The summed E-state index contributed by atoms with van der Waals surface area (Å²) in [6.45, 7) is 0. The van der Waals surface area contributed by atoms with Gasteiger partial charge in [0, 0.05) is 7.11 Å². The minimum Gasteiger partial charge on any atom is -0.338 e. The number of rotatable bonds is 2. The highest BCUT2D eigenvalue weighted by Gasteiger charge is 2.47. The second kappa shape index (κ2) is 3.22. The van der Waals surface area contributed by atoms with Crippen molar-refractivity contribution in [1.82, 2.24) is 0 Å². The zero-order chi connectivity index (χ0) is 7.71. The lowest BCUT2D eigenvalue weighted by atomic mass is 10.8. The second-order valence-corrected chi connectivity index (χ2v) is 5.67. The van der Waals surface area contributed by atoms with Crippen LogP contribution in [-0.2, 0) is 4.74 Å². The van der Waals surface area contributed by atoms with Gasteiger partial charge in [-0.1, -0.05) is 23.2 Å². The van der Waals surface area contributed by atoms with Gasteiger partial charge in [0.15, 0.2) is 0 Å². The molecule has 1 unspecified atom stereocenters. The molecule has 0 aromatic carbocycles. The molecule has 0 N–H and O–H groups in total. The van der Waals surface area contributed by atoms with Gasteiger partial charge in [0.25, 0.3) is 0 Å². The van der Waals surface area contributed by atoms with Crippen molar-refractivity contribution < 1.29 is 9.13 Å². The highest BCUT2D eigenvalue weighted by molar-refractivity contribution is 9.13. The van der Waals surface area contributed by atoms with E-state index in [-0.39, 0.29) is 0 Å². The molecule has 0 rings (SSSR count). The predicted molar refractivity (Wildman–Crippen MR) is 43.1 cm³/mol. The summed E-state index contributed by atoms with van der Waals surface area (Å²) in [6, 6.07) is 0. The van der Waals surface area contributed by atoms with Gasteiger partial charge in [-0.3, -0.25) is 0 Å². The summed E-state index contributed by atoms with van der Waals surface area (Å²) in [5.74, 6) is 0. The first kappa shape index (κ1) is 10.4. The van der Waals surface area contributed by atoms with Gasteiger partial charge in [-0.2, -0.15) is 4.39 Å². The van der Waals surface area contributed by atoms with E-state index in [1.165, 1.54) is 0 Å². The molecular weight excluding hydrogens is 302 g/mol. The number of methoxy groups -OCH3 is 1. The van der Waals surface area contributed by atoms with E-state index in [4.69, 9.17) is 23.2 Å². The molecule has 0 spiro atoms. The van der Waals surface area contributed by atoms with Gasteiger partial charge in [0.1, 0.15) is 0 Å². The maximum Gasteiger partial charge on any atom is 0.308 e. The summed E-state index contributed by atoms with van der Waals surface area (Å²) in [6.07, 6.45) is 0. The number of hydrogen-bond donors (Lipinski definition) is 0. The molecular formula is C3H3Br2Cl2FO. The largest absolute Gasteiger partial charge is 0.338 e. The van der Waals surface area contributed by atoms with Crippen molar-refractivity contribution in [2.45, 2.75) is 8.01 Å². The van der Waals surface area contributed by atoms with Gasteiger partial charge in [0.05, 0.1) is 0 Å². The summed E-state index contributed by atoms with van der Waals surface area (Å²) < 4.78 is 12.9. The van der Waals surface area contributed by atoms with Gasteiger partial charge in [-0.05, 0) is 31.9 Å². The molecule has 56 valence electrons. The van der Waals surface area contributed by atoms with E-state index in [1.54, 1.807) is 0 Å². The lowest BCUT2D eigenvalue weighted by molar-refractivity contribution is -0.0254. The summed E-state index contributed by atoms with van der Waals surface area (Å²) in [7, 11) is 1.13. The first-order valence-electron chi connectivity index (χ1n) is 1.81. The highest BCUT2D eigenvalue weighted by Crippen LogP contribution is 2.46. The van der Waals surface area contributed by atoms with E-state index in [9.17, 15) is 4.39 Å². The standard InChI is InChI=1S/C3H3Br2Cl2FO/c1-9-3(5,8)2(4,6)7/h1H3. The van der Waals surface area contributed by atoms with Crippen LogP contribution < -0.4 is 0 Å². The van der Waals surface area contributed by atoms with Crippen LogP contribution in [0.3, 0.4) is 0 Å². The Labute approximate surface area is 79.1 Å². The Bertz CT molecular complexity index is 102.